The minimum absolute atomic E-state index is 0.106. The van der Waals surface area contributed by atoms with Crippen molar-refractivity contribution in [3.63, 3.8) is 0 Å². The number of anilines is 1. The standard InChI is InChI=1S/C24H23FN4OS2/c1-15-6-7-16(2)18(12-15)28-8-10-29(11-9-28)20(30)13-31-24-23-22(26-14-27-24)21-17(25)4-3-5-19(21)32-23/h3-7,12,14H,8-11,13H2,1-2H3. The second kappa shape index (κ2) is 8.67. The molecule has 164 valence electrons. The number of hydrogen-bond acceptors (Lipinski definition) is 6. The fourth-order valence-electron chi connectivity index (χ4n) is 4.14. The molecular formula is C24H23FN4OS2. The third-order valence-electron chi connectivity index (χ3n) is 5.87. The van der Waals surface area contributed by atoms with E-state index in [2.05, 4.69) is 46.9 Å². The molecule has 5 nitrogen and oxygen atoms in total. The molecule has 0 N–H and O–H groups in total. The van der Waals surface area contributed by atoms with Crippen LogP contribution in [0.1, 0.15) is 11.1 Å². The number of piperazine rings is 1. The first kappa shape index (κ1) is 21.2. The number of carbonyl (C=O) groups is 1. The first-order chi connectivity index (χ1) is 15.5. The summed E-state index contributed by atoms with van der Waals surface area (Å²) in [7, 11) is 0. The van der Waals surface area contributed by atoms with Gasteiger partial charge in [-0.15, -0.1) is 11.3 Å². The van der Waals surface area contributed by atoms with Gasteiger partial charge in [-0.05, 0) is 43.2 Å². The topological polar surface area (TPSA) is 49.3 Å². The van der Waals surface area contributed by atoms with Gasteiger partial charge in [0, 0.05) is 36.6 Å². The SMILES string of the molecule is Cc1ccc(C)c(N2CCN(C(=O)CSc3ncnc4c3sc3cccc(F)c34)CC2)c1. The summed E-state index contributed by atoms with van der Waals surface area (Å²) in [6.45, 7) is 7.31. The van der Waals surface area contributed by atoms with Crippen LogP contribution in [-0.2, 0) is 4.79 Å². The van der Waals surface area contributed by atoms with Gasteiger partial charge >= 0.3 is 0 Å². The number of aromatic nitrogens is 2. The molecule has 1 aliphatic rings. The maximum atomic E-state index is 14.3. The van der Waals surface area contributed by atoms with Crippen LogP contribution in [0.5, 0.6) is 0 Å². The van der Waals surface area contributed by atoms with Crippen LogP contribution < -0.4 is 4.90 Å². The zero-order valence-corrected chi connectivity index (χ0v) is 19.6. The van der Waals surface area contributed by atoms with Crippen LogP contribution >= 0.6 is 23.1 Å². The fourth-order valence-corrected chi connectivity index (χ4v) is 6.29. The Balaban J connectivity index is 1.26. The first-order valence-corrected chi connectivity index (χ1v) is 12.4. The van der Waals surface area contributed by atoms with Crippen LogP contribution in [-0.4, -0.2) is 52.7 Å². The van der Waals surface area contributed by atoms with Crippen molar-refractivity contribution in [2.45, 2.75) is 18.9 Å². The van der Waals surface area contributed by atoms with Crippen molar-refractivity contribution in [3.05, 3.63) is 59.7 Å². The highest BCUT2D eigenvalue weighted by Crippen LogP contribution is 2.38. The van der Waals surface area contributed by atoms with E-state index < -0.39 is 0 Å². The second-order valence-corrected chi connectivity index (χ2v) is 10.0. The van der Waals surface area contributed by atoms with Crippen molar-refractivity contribution in [1.29, 1.82) is 0 Å². The molecule has 0 atom stereocenters. The van der Waals surface area contributed by atoms with Gasteiger partial charge in [0.05, 0.1) is 21.4 Å². The molecule has 1 fully saturated rings. The summed E-state index contributed by atoms with van der Waals surface area (Å²) >= 11 is 2.88. The predicted octanol–water partition coefficient (Wildman–Crippen LogP) is 5.04. The number of fused-ring (bicyclic) bond motifs is 3. The van der Waals surface area contributed by atoms with E-state index in [1.807, 2.05) is 11.0 Å². The summed E-state index contributed by atoms with van der Waals surface area (Å²) in [6, 6.07) is 11.5. The molecule has 0 spiro atoms. The summed E-state index contributed by atoms with van der Waals surface area (Å²) in [4.78, 5) is 25.9. The third-order valence-corrected chi connectivity index (χ3v) is 8.12. The van der Waals surface area contributed by atoms with Crippen LogP contribution in [0.4, 0.5) is 10.1 Å². The number of amides is 1. The molecule has 0 bridgehead atoms. The molecule has 2 aromatic carbocycles. The molecule has 4 aromatic rings. The largest absolute Gasteiger partial charge is 0.368 e. The van der Waals surface area contributed by atoms with Gasteiger partial charge in [0.1, 0.15) is 17.2 Å². The fraction of sp³-hybridized carbons (Fsp3) is 0.292. The second-order valence-electron chi connectivity index (χ2n) is 8.02. The summed E-state index contributed by atoms with van der Waals surface area (Å²) in [5.41, 5.74) is 4.39. The highest BCUT2D eigenvalue weighted by molar-refractivity contribution is 8.00. The Bertz CT molecular complexity index is 1310. The summed E-state index contributed by atoms with van der Waals surface area (Å²) in [5.74, 6) is 0.141. The smallest absolute Gasteiger partial charge is 0.233 e. The average Bonchev–Trinajstić information content (AvgIpc) is 3.20. The number of aryl methyl sites for hydroxylation is 2. The Morgan fingerprint density at radius 3 is 2.75 bits per heavy atom. The maximum Gasteiger partial charge on any atom is 0.233 e. The van der Waals surface area contributed by atoms with Crippen molar-refractivity contribution in [3.8, 4) is 0 Å². The molecule has 5 rings (SSSR count). The summed E-state index contributed by atoms with van der Waals surface area (Å²) < 4.78 is 16.0. The Kier molecular flexibility index (Phi) is 5.73. The van der Waals surface area contributed by atoms with Crippen molar-refractivity contribution in [1.82, 2.24) is 14.9 Å². The van der Waals surface area contributed by atoms with Gasteiger partial charge in [0.2, 0.25) is 5.91 Å². The van der Waals surface area contributed by atoms with E-state index in [0.717, 1.165) is 27.5 Å². The highest BCUT2D eigenvalue weighted by Gasteiger charge is 2.23. The molecule has 1 saturated heterocycles. The van der Waals surface area contributed by atoms with E-state index in [-0.39, 0.29) is 11.7 Å². The van der Waals surface area contributed by atoms with Gasteiger partial charge in [0.25, 0.3) is 0 Å². The monoisotopic (exact) mass is 466 g/mol. The third kappa shape index (κ3) is 3.93. The number of hydrogen-bond donors (Lipinski definition) is 0. The van der Waals surface area contributed by atoms with Crippen LogP contribution in [0, 0.1) is 19.7 Å². The zero-order chi connectivity index (χ0) is 22.2. The quantitative estimate of drug-likeness (QED) is 0.311. The lowest BCUT2D eigenvalue weighted by atomic mass is 10.1. The Hall–Kier alpha value is -2.71. The number of benzene rings is 2. The lowest BCUT2D eigenvalue weighted by Crippen LogP contribution is -2.49. The minimum Gasteiger partial charge on any atom is -0.368 e. The van der Waals surface area contributed by atoms with E-state index in [1.54, 1.807) is 6.07 Å². The molecular weight excluding hydrogens is 443 g/mol. The lowest BCUT2D eigenvalue weighted by molar-refractivity contribution is -0.128. The van der Waals surface area contributed by atoms with Crippen molar-refractivity contribution in [2.75, 3.05) is 36.8 Å². The average molecular weight is 467 g/mol. The van der Waals surface area contributed by atoms with Crippen LogP contribution in [0.15, 0.2) is 47.8 Å². The molecule has 3 heterocycles. The zero-order valence-electron chi connectivity index (χ0n) is 18.0. The molecule has 0 unspecified atom stereocenters. The van der Waals surface area contributed by atoms with Gasteiger partial charge in [0.15, 0.2) is 0 Å². The molecule has 0 saturated carbocycles. The molecule has 2 aromatic heterocycles. The van der Waals surface area contributed by atoms with Gasteiger partial charge in [-0.2, -0.15) is 0 Å². The molecule has 1 aliphatic heterocycles. The molecule has 1 amide bonds. The molecule has 32 heavy (non-hydrogen) atoms. The number of nitrogens with zero attached hydrogens (tertiary/aromatic N) is 4. The first-order valence-electron chi connectivity index (χ1n) is 10.6. The Labute approximate surface area is 194 Å². The van der Waals surface area contributed by atoms with Gasteiger partial charge < -0.3 is 9.80 Å². The van der Waals surface area contributed by atoms with Gasteiger partial charge in [-0.3, -0.25) is 4.79 Å². The summed E-state index contributed by atoms with van der Waals surface area (Å²) in [6.07, 6.45) is 1.46. The Morgan fingerprint density at radius 1 is 1.12 bits per heavy atom. The van der Waals surface area contributed by atoms with Gasteiger partial charge in [-0.25, -0.2) is 14.4 Å². The Morgan fingerprint density at radius 2 is 1.94 bits per heavy atom. The van der Waals surface area contributed by atoms with E-state index in [9.17, 15) is 9.18 Å². The number of rotatable bonds is 4. The maximum absolute atomic E-state index is 14.3. The van der Waals surface area contributed by atoms with Crippen molar-refractivity contribution < 1.29 is 9.18 Å². The van der Waals surface area contributed by atoms with E-state index in [0.29, 0.717) is 29.7 Å². The van der Waals surface area contributed by atoms with Crippen molar-refractivity contribution in [2.24, 2.45) is 0 Å². The number of thiophene rings is 1. The van der Waals surface area contributed by atoms with Crippen LogP contribution in [0.25, 0.3) is 20.3 Å². The molecule has 0 radical (unpaired) electrons. The van der Waals surface area contributed by atoms with E-state index in [1.165, 1.54) is 52.3 Å². The van der Waals surface area contributed by atoms with Crippen molar-refractivity contribution >= 4 is 55.0 Å². The molecule has 0 aliphatic carbocycles. The predicted molar refractivity (Wildman–Crippen MR) is 130 cm³/mol. The van der Waals surface area contributed by atoms with E-state index in [4.69, 9.17) is 0 Å². The minimum atomic E-state index is -0.277. The highest BCUT2D eigenvalue weighted by atomic mass is 32.2. The number of carbonyl (C=O) groups excluding carboxylic acids is 1. The number of thioether (sulfide) groups is 1. The summed E-state index contributed by atoms with van der Waals surface area (Å²) in [5, 5.41) is 1.27. The lowest BCUT2D eigenvalue weighted by Gasteiger charge is -2.37. The van der Waals surface area contributed by atoms with Gasteiger partial charge in [-0.1, -0.05) is 30.0 Å². The van der Waals surface area contributed by atoms with Crippen LogP contribution in [0.3, 0.4) is 0 Å². The molecule has 8 heteroatoms. The normalized spacial score (nSPS) is 14.5. The number of halogens is 1. The van der Waals surface area contributed by atoms with E-state index >= 15 is 0 Å². The van der Waals surface area contributed by atoms with Crippen LogP contribution in [0.2, 0.25) is 0 Å².